The Bertz CT molecular complexity index is 1150. The van der Waals surface area contributed by atoms with E-state index in [1.807, 2.05) is 21.1 Å². The second-order valence-electron chi connectivity index (χ2n) is 14.7. The monoisotopic (exact) mass is 754 g/mol. The van der Waals surface area contributed by atoms with Crippen LogP contribution in [0.15, 0.2) is 12.2 Å². The lowest BCUT2D eigenvalue weighted by molar-refractivity contribution is -0.870. The molecule has 9 nitrogen and oxygen atoms in total. The first kappa shape index (κ1) is 38.0. The zero-order valence-electron chi connectivity index (χ0n) is 39.9. The summed E-state index contributed by atoms with van der Waals surface area (Å²) in [4.78, 5) is 35.3. The number of ether oxygens (including phenoxy) is 2. The molecule has 0 saturated carbocycles. The molecule has 0 aromatic rings. The van der Waals surface area contributed by atoms with Gasteiger partial charge < -0.3 is 18.9 Å². The van der Waals surface area contributed by atoms with Gasteiger partial charge in [-0.3, -0.25) is 18.6 Å². The summed E-state index contributed by atoms with van der Waals surface area (Å²) >= 11 is 0. The van der Waals surface area contributed by atoms with E-state index in [2.05, 4.69) is 19.1 Å². The van der Waals surface area contributed by atoms with E-state index in [4.69, 9.17) is 28.1 Å². The van der Waals surface area contributed by atoms with Gasteiger partial charge in [0.15, 0.2) is 6.10 Å². The van der Waals surface area contributed by atoms with Gasteiger partial charge in [-0.1, -0.05) is 148 Å². The number of rotatable bonds is 38. The van der Waals surface area contributed by atoms with Gasteiger partial charge >= 0.3 is 19.8 Å². The molecule has 0 spiro atoms. The Morgan fingerprint density at radius 1 is 0.706 bits per heavy atom. The molecule has 1 N–H and O–H groups in total. The summed E-state index contributed by atoms with van der Waals surface area (Å²) in [6, 6.07) is 0. The lowest BCUT2D eigenvalue weighted by Crippen LogP contribution is -2.37. The summed E-state index contributed by atoms with van der Waals surface area (Å²) in [7, 11) is 1.35. The highest BCUT2D eigenvalue weighted by Crippen LogP contribution is 2.43. The maximum Gasteiger partial charge on any atom is 0.472 e. The van der Waals surface area contributed by atoms with Crippen LogP contribution in [-0.4, -0.2) is 74.9 Å². The molecule has 0 fully saturated rings. The molecule has 2 atom stereocenters. The number of phosphoric ester groups is 1. The summed E-state index contributed by atoms with van der Waals surface area (Å²) in [5.41, 5.74) is 0. The second kappa shape index (κ2) is 34.5. The standard InChI is InChI=1S/C41H80NO8P/c1-6-8-10-12-14-16-18-20-21-22-24-26-28-30-32-34-41(44)50-39(38-49-51(45,46)48-36-35-42(3,4)5)37-47-40(43)33-31-29-27-25-23-19-17-15-13-11-9-7-2/h20-21,39H,6-19,22-38H2,1-5H3/p+1/b21-20-/t39-/m1/s1/i1D3,6D2,8D2. The molecule has 0 radical (unpaired) electrons. The van der Waals surface area contributed by atoms with Crippen molar-refractivity contribution in [3.8, 4) is 0 Å². The normalized spacial score (nSPS) is 16.6. The largest absolute Gasteiger partial charge is 0.472 e. The van der Waals surface area contributed by atoms with E-state index in [0.717, 1.165) is 64.2 Å². The van der Waals surface area contributed by atoms with E-state index in [1.54, 1.807) is 0 Å². The first-order chi connectivity index (χ1) is 27.1. The van der Waals surface area contributed by atoms with Gasteiger partial charge in [0.1, 0.15) is 19.8 Å². The van der Waals surface area contributed by atoms with Crippen molar-refractivity contribution >= 4 is 19.8 Å². The van der Waals surface area contributed by atoms with Crippen LogP contribution in [-0.2, 0) is 32.7 Å². The topological polar surface area (TPSA) is 108 Å². The number of carbonyl (C=O) groups excluding carboxylic acids is 2. The van der Waals surface area contributed by atoms with Gasteiger partial charge in [-0.05, 0) is 38.5 Å². The SMILES string of the molecule is [2H]C([2H])([2H])C([2H])([2H])C([2H])([2H])CCCCC/C=C\CCCCCCCC(=O)O[C@H](COC(=O)CCCCCCCCCCCCCC)COP(=O)(O)OCC[N+](C)(C)C. The Hall–Kier alpha value is -1.25. The fourth-order valence-electron chi connectivity index (χ4n) is 5.39. The van der Waals surface area contributed by atoms with Crippen LogP contribution in [0.2, 0.25) is 0 Å². The van der Waals surface area contributed by atoms with Gasteiger partial charge in [0.05, 0.1) is 27.7 Å². The number of unbranched alkanes of at least 4 members (excludes halogenated alkanes) is 19. The van der Waals surface area contributed by atoms with E-state index < -0.39 is 52.1 Å². The van der Waals surface area contributed by atoms with Crippen LogP contribution in [0.5, 0.6) is 0 Å². The van der Waals surface area contributed by atoms with Crippen LogP contribution in [0.25, 0.3) is 0 Å². The third kappa shape index (κ3) is 38.3. The highest BCUT2D eigenvalue weighted by Gasteiger charge is 2.27. The van der Waals surface area contributed by atoms with E-state index in [9.17, 15) is 19.0 Å². The molecule has 302 valence electrons. The number of hydrogen-bond donors (Lipinski definition) is 1. The van der Waals surface area contributed by atoms with Gasteiger partial charge in [0, 0.05) is 22.4 Å². The van der Waals surface area contributed by atoms with E-state index in [0.29, 0.717) is 36.7 Å². The third-order valence-corrected chi connectivity index (χ3v) is 9.57. The quantitative estimate of drug-likeness (QED) is 0.0218. The molecule has 0 aromatic carbocycles. The second-order valence-corrected chi connectivity index (χ2v) is 16.2. The number of likely N-dealkylation sites (N-methyl/N-ethyl adjacent to an activating group) is 1. The number of hydrogen-bond acceptors (Lipinski definition) is 7. The number of quaternary nitrogens is 1. The summed E-state index contributed by atoms with van der Waals surface area (Å²) < 4.78 is 87.1. The van der Waals surface area contributed by atoms with Crippen molar-refractivity contribution in [3.05, 3.63) is 12.2 Å². The lowest BCUT2D eigenvalue weighted by Gasteiger charge is -2.24. The summed E-state index contributed by atoms with van der Waals surface area (Å²) in [6.07, 6.45) is 20.4. The smallest absolute Gasteiger partial charge is 0.462 e. The highest BCUT2D eigenvalue weighted by molar-refractivity contribution is 7.47. The molecular weight excluding hydrogens is 665 g/mol. The van der Waals surface area contributed by atoms with Crippen LogP contribution < -0.4 is 0 Å². The molecule has 1 unspecified atom stereocenters. The Morgan fingerprint density at radius 3 is 1.73 bits per heavy atom. The molecule has 0 aliphatic carbocycles. The number of nitrogens with zero attached hydrogens (tertiary/aromatic N) is 1. The minimum absolute atomic E-state index is 0.00380. The molecule has 51 heavy (non-hydrogen) atoms. The Balaban J connectivity index is 4.45. The van der Waals surface area contributed by atoms with Crippen molar-refractivity contribution in [2.24, 2.45) is 0 Å². The maximum atomic E-state index is 12.7. The van der Waals surface area contributed by atoms with Gasteiger partial charge in [-0.25, -0.2) is 4.57 Å². The molecule has 0 aromatic heterocycles. The van der Waals surface area contributed by atoms with Crippen molar-refractivity contribution in [1.82, 2.24) is 0 Å². The molecular formula is C41H81NO8P+. The Morgan fingerprint density at radius 2 is 1.20 bits per heavy atom. The highest BCUT2D eigenvalue weighted by atomic mass is 31.2. The minimum Gasteiger partial charge on any atom is -0.462 e. The zero-order valence-corrected chi connectivity index (χ0v) is 33.8. The predicted molar refractivity (Wildman–Crippen MR) is 211 cm³/mol. The molecule has 0 bridgehead atoms. The maximum absolute atomic E-state index is 12.7. The van der Waals surface area contributed by atoms with Crippen molar-refractivity contribution in [3.63, 3.8) is 0 Å². The average Bonchev–Trinajstić information content (AvgIpc) is 3.12. The van der Waals surface area contributed by atoms with E-state index in [-0.39, 0.29) is 32.5 Å². The average molecular weight is 754 g/mol. The zero-order chi connectivity index (χ0) is 44.0. The molecule has 0 saturated heterocycles. The first-order valence-electron chi connectivity index (χ1n) is 23.6. The van der Waals surface area contributed by atoms with Crippen LogP contribution in [0, 0.1) is 0 Å². The van der Waals surface area contributed by atoms with E-state index in [1.165, 1.54) is 51.4 Å². The number of carbonyl (C=O) groups is 2. The predicted octanol–water partition coefficient (Wildman–Crippen LogP) is 11.4. The fourth-order valence-corrected chi connectivity index (χ4v) is 6.13. The van der Waals surface area contributed by atoms with E-state index >= 15 is 0 Å². The Kier molecular flexibility index (Phi) is 25.7. The van der Waals surface area contributed by atoms with Crippen molar-refractivity contribution in [2.45, 2.75) is 193 Å². The van der Waals surface area contributed by atoms with Crippen molar-refractivity contribution in [2.75, 3.05) is 47.5 Å². The van der Waals surface area contributed by atoms with Gasteiger partial charge in [-0.2, -0.15) is 0 Å². The lowest BCUT2D eigenvalue weighted by atomic mass is 10.0. The summed E-state index contributed by atoms with van der Waals surface area (Å²) in [6.45, 7) is -1.03. The van der Waals surface area contributed by atoms with Gasteiger partial charge in [-0.15, -0.1) is 0 Å². The minimum atomic E-state index is -4.42. The molecule has 0 aliphatic rings. The van der Waals surface area contributed by atoms with Crippen LogP contribution >= 0.6 is 7.82 Å². The first-order valence-corrected chi connectivity index (χ1v) is 21.6. The van der Waals surface area contributed by atoms with Crippen molar-refractivity contribution in [1.29, 1.82) is 0 Å². The third-order valence-electron chi connectivity index (χ3n) is 8.58. The number of allylic oxidation sites excluding steroid dienone is 2. The molecule has 0 amide bonds. The number of esters is 2. The van der Waals surface area contributed by atoms with Crippen LogP contribution in [0.4, 0.5) is 0 Å². The fraction of sp³-hybridized carbons (Fsp3) is 0.902. The molecule has 0 heterocycles. The Labute approximate surface area is 324 Å². The summed E-state index contributed by atoms with van der Waals surface area (Å²) in [5, 5.41) is 0. The van der Waals surface area contributed by atoms with Gasteiger partial charge in [0.25, 0.3) is 0 Å². The van der Waals surface area contributed by atoms with Crippen LogP contribution in [0.1, 0.15) is 197 Å². The van der Waals surface area contributed by atoms with Gasteiger partial charge in [0.2, 0.25) is 0 Å². The number of phosphoric acid groups is 1. The van der Waals surface area contributed by atoms with Crippen LogP contribution in [0.3, 0.4) is 0 Å². The summed E-state index contributed by atoms with van der Waals surface area (Å²) in [5.74, 6) is -0.911. The molecule has 10 heteroatoms. The molecule has 0 aliphatic heterocycles. The van der Waals surface area contributed by atoms with Crippen molar-refractivity contribution < 1.29 is 51.6 Å². The molecule has 0 rings (SSSR count).